The maximum atomic E-state index is 12.6. The Morgan fingerprint density at radius 1 is 1.30 bits per heavy atom. The number of benzene rings is 1. The van der Waals surface area contributed by atoms with Gasteiger partial charge in [0.05, 0.1) is 5.75 Å². The molecule has 5 heteroatoms. The fourth-order valence-electron chi connectivity index (χ4n) is 2.31. The van der Waals surface area contributed by atoms with Gasteiger partial charge in [0, 0.05) is 18.5 Å². The van der Waals surface area contributed by atoms with Gasteiger partial charge in [0.15, 0.2) is 0 Å². The number of nitrogens with zero attached hydrogens (tertiary/aromatic N) is 1. The lowest BCUT2D eigenvalue weighted by Gasteiger charge is -2.23. The monoisotopic (exact) mass is 315 g/mol. The van der Waals surface area contributed by atoms with Gasteiger partial charge in [-0.15, -0.1) is 11.6 Å². The Morgan fingerprint density at radius 2 is 1.95 bits per heavy atom. The molecule has 0 bridgehead atoms. The summed E-state index contributed by atoms with van der Waals surface area (Å²) in [7, 11) is -3.24. The summed E-state index contributed by atoms with van der Waals surface area (Å²) in [6, 6.07) is 7.74. The molecule has 3 nitrogen and oxygen atoms in total. The van der Waals surface area contributed by atoms with Gasteiger partial charge >= 0.3 is 0 Å². The van der Waals surface area contributed by atoms with E-state index < -0.39 is 10.0 Å². The van der Waals surface area contributed by atoms with Crippen molar-refractivity contribution < 1.29 is 8.42 Å². The first-order valence-corrected chi connectivity index (χ1v) is 9.20. The molecule has 0 aliphatic heterocycles. The second-order valence-electron chi connectivity index (χ2n) is 5.90. The van der Waals surface area contributed by atoms with E-state index in [4.69, 9.17) is 11.6 Å². The Hall–Kier alpha value is -0.580. The van der Waals surface area contributed by atoms with Crippen LogP contribution in [-0.2, 0) is 21.7 Å². The zero-order chi connectivity index (χ0) is 14.8. The van der Waals surface area contributed by atoms with Crippen LogP contribution in [0.15, 0.2) is 24.3 Å². The Morgan fingerprint density at radius 3 is 2.50 bits per heavy atom. The molecule has 1 aromatic rings. The minimum Gasteiger partial charge on any atom is -0.212 e. The molecule has 20 heavy (non-hydrogen) atoms. The van der Waals surface area contributed by atoms with Gasteiger partial charge in [0.2, 0.25) is 10.0 Å². The second kappa shape index (κ2) is 6.46. The molecule has 1 aromatic carbocycles. The Balaban J connectivity index is 2.15. The first kappa shape index (κ1) is 15.8. The molecular weight excluding hydrogens is 294 g/mol. The third-order valence-corrected chi connectivity index (χ3v) is 5.52. The topological polar surface area (TPSA) is 37.4 Å². The molecule has 0 aromatic heterocycles. The SMILES string of the molecule is CC(C)CN(C1CC1)S(=O)(=O)Cc1cccc(CCl)c1. The van der Waals surface area contributed by atoms with Crippen molar-refractivity contribution >= 4 is 21.6 Å². The van der Waals surface area contributed by atoms with E-state index in [1.807, 2.05) is 24.3 Å². The van der Waals surface area contributed by atoms with E-state index in [9.17, 15) is 8.42 Å². The van der Waals surface area contributed by atoms with Crippen molar-refractivity contribution in [2.45, 2.75) is 44.4 Å². The van der Waals surface area contributed by atoms with Crippen LogP contribution in [0.2, 0.25) is 0 Å². The third kappa shape index (κ3) is 4.21. The van der Waals surface area contributed by atoms with Gasteiger partial charge in [-0.05, 0) is 29.9 Å². The van der Waals surface area contributed by atoms with Crippen molar-refractivity contribution in [1.82, 2.24) is 4.31 Å². The van der Waals surface area contributed by atoms with E-state index in [0.717, 1.165) is 24.0 Å². The summed E-state index contributed by atoms with van der Waals surface area (Å²) < 4.78 is 26.9. The van der Waals surface area contributed by atoms with E-state index in [1.165, 1.54) is 0 Å². The standard InChI is InChI=1S/C15H22ClNO2S/c1-12(2)10-17(15-6-7-15)20(18,19)11-14-5-3-4-13(8-14)9-16/h3-5,8,12,15H,6-7,9-11H2,1-2H3. The number of hydrogen-bond acceptors (Lipinski definition) is 2. The highest BCUT2D eigenvalue weighted by Crippen LogP contribution is 2.31. The van der Waals surface area contributed by atoms with Crippen molar-refractivity contribution in [2.24, 2.45) is 5.92 Å². The molecule has 0 radical (unpaired) electrons. The molecule has 1 aliphatic rings. The third-order valence-electron chi connectivity index (χ3n) is 3.35. The highest BCUT2D eigenvalue weighted by atomic mass is 35.5. The summed E-state index contributed by atoms with van der Waals surface area (Å²) in [5.41, 5.74) is 1.78. The molecular formula is C15H22ClNO2S. The van der Waals surface area contributed by atoms with Crippen LogP contribution < -0.4 is 0 Å². The minimum atomic E-state index is -3.24. The summed E-state index contributed by atoms with van der Waals surface area (Å²) in [4.78, 5) is 0. The summed E-state index contributed by atoms with van der Waals surface area (Å²) >= 11 is 5.80. The lowest BCUT2D eigenvalue weighted by atomic mass is 10.2. The Labute approximate surface area is 127 Å². The van der Waals surface area contributed by atoms with Crippen molar-refractivity contribution in [1.29, 1.82) is 0 Å². The van der Waals surface area contributed by atoms with Crippen LogP contribution >= 0.6 is 11.6 Å². The number of hydrogen-bond donors (Lipinski definition) is 0. The van der Waals surface area contributed by atoms with Gasteiger partial charge in [0.1, 0.15) is 0 Å². The van der Waals surface area contributed by atoms with E-state index in [0.29, 0.717) is 18.3 Å². The van der Waals surface area contributed by atoms with E-state index in [1.54, 1.807) is 4.31 Å². The van der Waals surface area contributed by atoms with Crippen molar-refractivity contribution in [3.05, 3.63) is 35.4 Å². The van der Waals surface area contributed by atoms with Gasteiger partial charge in [-0.1, -0.05) is 38.1 Å². The molecule has 0 amide bonds. The summed E-state index contributed by atoms with van der Waals surface area (Å²) in [6.45, 7) is 4.72. The summed E-state index contributed by atoms with van der Waals surface area (Å²) in [5, 5.41) is 0. The molecule has 112 valence electrons. The van der Waals surface area contributed by atoms with Crippen LogP contribution in [0, 0.1) is 5.92 Å². The van der Waals surface area contributed by atoms with Gasteiger partial charge in [-0.2, -0.15) is 4.31 Å². The molecule has 1 aliphatic carbocycles. The average molecular weight is 316 g/mol. The first-order chi connectivity index (χ1) is 9.42. The number of rotatable bonds is 7. The lowest BCUT2D eigenvalue weighted by Crippen LogP contribution is -2.36. The van der Waals surface area contributed by atoms with Crippen LogP contribution in [0.5, 0.6) is 0 Å². The van der Waals surface area contributed by atoms with Gasteiger partial charge < -0.3 is 0 Å². The zero-order valence-corrected chi connectivity index (χ0v) is 13.6. The minimum absolute atomic E-state index is 0.0704. The predicted octanol–water partition coefficient (Wildman–Crippen LogP) is 3.38. The Bertz CT molecular complexity index is 553. The van der Waals surface area contributed by atoms with Crippen LogP contribution in [0.1, 0.15) is 37.8 Å². The first-order valence-electron chi connectivity index (χ1n) is 7.05. The Kier molecular flexibility index (Phi) is 5.10. The predicted molar refractivity (Wildman–Crippen MR) is 83.2 cm³/mol. The second-order valence-corrected chi connectivity index (χ2v) is 8.09. The molecule has 0 unspecified atom stereocenters. The molecule has 1 fully saturated rings. The summed E-state index contributed by atoms with van der Waals surface area (Å²) in [5.74, 6) is 0.826. The van der Waals surface area contributed by atoms with Crippen LogP contribution in [0.25, 0.3) is 0 Å². The highest BCUT2D eigenvalue weighted by Gasteiger charge is 2.37. The number of halogens is 1. The van der Waals surface area contributed by atoms with Crippen molar-refractivity contribution in [3.63, 3.8) is 0 Å². The molecule has 0 saturated heterocycles. The van der Waals surface area contributed by atoms with E-state index >= 15 is 0 Å². The molecule has 1 saturated carbocycles. The molecule has 2 rings (SSSR count). The van der Waals surface area contributed by atoms with Gasteiger partial charge in [-0.25, -0.2) is 8.42 Å². The maximum absolute atomic E-state index is 12.6. The van der Waals surface area contributed by atoms with Crippen LogP contribution in [0.4, 0.5) is 0 Å². The molecule has 0 spiro atoms. The lowest BCUT2D eigenvalue weighted by molar-refractivity contribution is 0.359. The largest absolute Gasteiger partial charge is 0.218 e. The van der Waals surface area contributed by atoms with Crippen LogP contribution in [0.3, 0.4) is 0 Å². The highest BCUT2D eigenvalue weighted by molar-refractivity contribution is 7.88. The number of alkyl halides is 1. The van der Waals surface area contributed by atoms with Gasteiger partial charge in [0.25, 0.3) is 0 Å². The smallest absolute Gasteiger partial charge is 0.212 e. The average Bonchev–Trinajstić information content (AvgIpc) is 3.19. The van der Waals surface area contributed by atoms with Crippen LogP contribution in [-0.4, -0.2) is 25.3 Å². The summed E-state index contributed by atoms with van der Waals surface area (Å²) in [6.07, 6.45) is 1.99. The molecule has 0 N–H and O–H groups in total. The van der Waals surface area contributed by atoms with Crippen molar-refractivity contribution in [2.75, 3.05) is 6.54 Å². The normalized spacial score (nSPS) is 16.1. The fourth-order valence-corrected chi connectivity index (χ4v) is 4.43. The molecule has 0 atom stereocenters. The fraction of sp³-hybridized carbons (Fsp3) is 0.600. The van der Waals surface area contributed by atoms with Crippen molar-refractivity contribution in [3.8, 4) is 0 Å². The number of sulfonamides is 1. The maximum Gasteiger partial charge on any atom is 0.218 e. The quantitative estimate of drug-likeness (QED) is 0.723. The van der Waals surface area contributed by atoms with Gasteiger partial charge in [-0.3, -0.25) is 0 Å². The zero-order valence-electron chi connectivity index (χ0n) is 12.0. The molecule has 0 heterocycles. The van der Waals surface area contributed by atoms with E-state index in [2.05, 4.69) is 13.8 Å². The van der Waals surface area contributed by atoms with E-state index in [-0.39, 0.29) is 11.8 Å².